The average molecular weight is 672 g/mol. The van der Waals surface area contributed by atoms with Gasteiger partial charge in [0.1, 0.15) is 42.7 Å². The molecule has 16 heteroatoms. The lowest BCUT2D eigenvalue weighted by molar-refractivity contribution is -0.312. The van der Waals surface area contributed by atoms with Crippen LogP contribution in [0.5, 0.6) is 0 Å². The van der Waals surface area contributed by atoms with Crippen LogP contribution in [0.1, 0.15) is 50.4 Å². The number of aliphatic hydroxyl groups excluding tert-OH is 7. The Morgan fingerprint density at radius 1 is 0.936 bits per heavy atom. The summed E-state index contributed by atoms with van der Waals surface area (Å²) in [5.41, 5.74) is 6.20. The van der Waals surface area contributed by atoms with Gasteiger partial charge in [-0.05, 0) is 37.3 Å². The number of nitrogens with zero attached hydrogens (tertiary/aromatic N) is 1. The van der Waals surface area contributed by atoms with Crippen molar-refractivity contribution in [1.29, 1.82) is 0 Å². The molecule has 1 aliphatic carbocycles. The fraction of sp³-hybridized carbons (Fsp3) is 0.742. The van der Waals surface area contributed by atoms with E-state index in [1.807, 2.05) is 0 Å². The molecule has 0 spiro atoms. The van der Waals surface area contributed by atoms with Crippen LogP contribution >= 0.6 is 0 Å². The molecule has 2 amide bonds. The van der Waals surface area contributed by atoms with Crippen LogP contribution in [0.15, 0.2) is 30.3 Å². The van der Waals surface area contributed by atoms with Crippen molar-refractivity contribution in [3.05, 3.63) is 35.9 Å². The second-order valence-corrected chi connectivity index (χ2v) is 12.6. The number of urea groups is 1. The van der Waals surface area contributed by atoms with E-state index in [2.05, 4.69) is 5.32 Å². The second kappa shape index (κ2) is 16.3. The molecule has 4 rings (SSSR count). The molecule has 1 aromatic carbocycles. The van der Waals surface area contributed by atoms with E-state index in [-0.39, 0.29) is 18.5 Å². The van der Waals surface area contributed by atoms with Gasteiger partial charge in [-0.1, -0.05) is 39.0 Å². The fourth-order valence-corrected chi connectivity index (χ4v) is 6.69. The number of ether oxygens (including phenoxy) is 3. The van der Waals surface area contributed by atoms with Gasteiger partial charge in [0.2, 0.25) is 0 Å². The fourth-order valence-electron chi connectivity index (χ4n) is 6.69. The largest absolute Gasteiger partial charge is 0.394 e. The van der Waals surface area contributed by atoms with Crippen molar-refractivity contribution in [2.45, 2.75) is 119 Å². The Hall–Kier alpha value is -2.48. The standard InChI is InChI=1S/C31H49N3O13/c1-4-11-34(47-29(42)15-9-7-6-8-10-15)31(43)33-16-12-14(3)19(28-26(41)25(40)22(37)17(5-2)44-28)23(38)27(16)46-30-24(39)20(32)21(36)18(13-35)45-30/h6-10,14,16-28,30,35-41H,4-5,11-13,32H2,1-3H3,(H,33,43). The van der Waals surface area contributed by atoms with E-state index in [1.165, 1.54) is 12.1 Å². The molecule has 0 bridgehead atoms. The highest BCUT2D eigenvalue weighted by molar-refractivity contribution is 5.90. The summed E-state index contributed by atoms with van der Waals surface area (Å²) in [7, 11) is 0. The Kier molecular flexibility index (Phi) is 12.9. The molecule has 10 N–H and O–H groups in total. The Bertz CT molecular complexity index is 1160. The number of hydrogen-bond acceptors (Lipinski definition) is 14. The van der Waals surface area contributed by atoms with Crippen molar-refractivity contribution in [2.75, 3.05) is 13.2 Å². The highest BCUT2D eigenvalue weighted by Gasteiger charge is 2.55. The molecule has 47 heavy (non-hydrogen) atoms. The molecule has 0 aromatic heterocycles. The van der Waals surface area contributed by atoms with Gasteiger partial charge in [-0.15, -0.1) is 0 Å². The lowest BCUT2D eigenvalue weighted by Crippen LogP contribution is -2.68. The van der Waals surface area contributed by atoms with Crippen LogP contribution in [0.3, 0.4) is 0 Å². The van der Waals surface area contributed by atoms with Crippen LogP contribution in [-0.2, 0) is 19.0 Å². The molecule has 266 valence electrons. The number of aliphatic hydroxyl groups is 7. The Balaban J connectivity index is 1.62. The number of hydroxylamine groups is 2. The molecule has 1 saturated carbocycles. The van der Waals surface area contributed by atoms with E-state index < -0.39 is 110 Å². The number of rotatable bonds is 9. The topological polar surface area (TPSA) is 254 Å². The number of amides is 2. The average Bonchev–Trinajstić information content (AvgIpc) is 3.06. The van der Waals surface area contributed by atoms with Crippen LogP contribution in [-0.4, -0.2) is 145 Å². The highest BCUT2D eigenvalue weighted by atomic mass is 16.7. The quantitative estimate of drug-likeness (QED) is 0.129. The van der Waals surface area contributed by atoms with Gasteiger partial charge >= 0.3 is 12.0 Å². The van der Waals surface area contributed by atoms with Crippen LogP contribution in [0.2, 0.25) is 0 Å². The van der Waals surface area contributed by atoms with Crippen molar-refractivity contribution in [3.8, 4) is 0 Å². The molecular formula is C31H49N3O13. The number of carbonyl (C=O) groups is 2. The predicted molar refractivity (Wildman–Crippen MR) is 162 cm³/mol. The van der Waals surface area contributed by atoms with Crippen molar-refractivity contribution in [1.82, 2.24) is 10.4 Å². The van der Waals surface area contributed by atoms with Gasteiger partial charge in [-0.3, -0.25) is 0 Å². The van der Waals surface area contributed by atoms with E-state index >= 15 is 0 Å². The Morgan fingerprint density at radius 2 is 1.62 bits per heavy atom. The lowest BCUT2D eigenvalue weighted by Gasteiger charge is -2.52. The first-order valence-corrected chi connectivity index (χ1v) is 16.1. The van der Waals surface area contributed by atoms with Crippen molar-refractivity contribution in [3.63, 3.8) is 0 Å². The summed E-state index contributed by atoms with van der Waals surface area (Å²) in [5.74, 6) is -2.18. The van der Waals surface area contributed by atoms with Crippen LogP contribution < -0.4 is 11.1 Å². The Morgan fingerprint density at radius 3 is 2.23 bits per heavy atom. The Labute approximate surface area is 272 Å². The van der Waals surface area contributed by atoms with Gasteiger partial charge in [0, 0.05) is 5.92 Å². The lowest BCUT2D eigenvalue weighted by atomic mass is 9.69. The first kappa shape index (κ1) is 37.3. The number of nitrogens with one attached hydrogen (secondary N) is 1. The van der Waals surface area contributed by atoms with Gasteiger partial charge in [-0.2, -0.15) is 5.06 Å². The normalized spacial score (nSPS) is 40.8. The minimum Gasteiger partial charge on any atom is -0.394 e. The SMILES string of the molecule is CCCN(OC(=O)c1ccccc1)C(=O)NC1CC(C)C(C2OC(CC)C(O)C(O)C2O)C(O)C1OC1OC(CO)C(O)C(N)C1O. The van der Waals surface area contributed by atoms with Gasteiger partial charge in [0.05, 0.1) is 49.1 Å². The van der Waals surface area contributed by atoms with E-state index in [0.717, 1.165) is 5.06 Å². The molecule has 16 nitrogen and oxygen atoms in total. The van der Waals surface area contributed by atoms with Crippen LogP contribution in [0, 0.1) is 11.8 Å². The van der Waals surface area contributed by atoms with Gasteiger partial charge in [0.25, 0.3) is 0 Å². The van der Waals surface area contributed by atoms with Crippen molar-refractivity contribution >= 4 is 12.0 Å². The summed E-state index contributed by atoms with van der Waals surface area (Å²) >= 11 is 0. The van der Waals surface area contributed by atoms with Crippen molar-refractivity contribution < 1.29 is 64.4 Å². The van der Waals surface area contributed by atoms with Crippen molar-refractivity contribution in [2.24, 2.45) is 17.6 Å². The number of benzene rings is 1. The van der Waals surface area contributed by atoms with Gasteiger partial charge in [-0.25, -0.2) is 9.59 Å². The minimum absolute atomic E-state index is 0.0273. The maximum atomic E-state index is 13.6. The molecule has 0 radical (unpaired) electrons. The number of hydrogen-bond donors (Lipinski definition) is 9. The number of nitrogens with two attached hydrogens (primary N) is 1. The molecule has 15 atom stereocenters. The smallest absolute Gasteiger partial charge is 0.363 e. The molecule has 2 aliphatic heterocycles. The van der Waals surface area contributed by atoms with Crippen LogP contribution in [0.4, 0.5) is 4.79 Å². The first-order chi connectivity index (χ1) is 22.3. The third-order valence-corrected chi connectivity index (χ3v) is 9.33. The summed E-state index contributed by atoms with van der Waals surface area (Å²) in [6, 6.07) is 4.95. The summed E-state index contributed by atoms with van der Waals surface area (Å²) < 4.78 is 17.7. The second-order valence-electron chi connectivity index (χ2n) is 12.6. The minimum atomic E-state index is -1.62. The number of carbonyl (C=O) groups excluding carboxylic acids is 2. The zero-order chi connectivity index (χ0) is 34.6. The molecular weight excluding hydrogens is 622 g/mol. The molecule has 2 saturated heterocycles. The summed E-state index contributed by atoms with van der Waals surface area (Å²) in [6.45, 7) is 4.63. The molecule has 1 aromatic rings. The van der Waals surface area contributed by atoms with E-state index in [0.29, 0.717) is 12.8 Å². The molecule has 15 unspecified atom stereocenters. The van der Waals surface area contributed by atoms with E-state index in [9.17, 15) is 45.3 Å². The molecule has 2 heterocycles. The zero-order valence-corrected chi connectivity index (χ0v) is 26.7. The first-order valence-electron chi connectivity index (χ1n) is 16.1. The highest BCUT2D eigenvalue weighted by Crippen LogP contribution is 2.41. The summed E-state index contributed by atoms with van der Waals surface area (Å²) in [5, 5.41) is 78.4. The third kappa shape index (κ3) is 8.05. The van der Waals surface area contributed by atoms with E-state index in [1.54, 1.807) is 39.0 Å². The van der Waals surface area contributed by atoms with Gasteiger partial charge < -0.3 is 65.8 Å². The zero-order valence-electron chi connectivity index (χ0n) is 26.7. The molecule has 3 aliphatic rings. The van der Waals surface area contributed by atoms with E-state index in [4.69, 9.17) is 24.8 Å². The molecule has 3 fully saturated rings. The maximum Gasteiger partial charge on any atom is 0.363 e. The van der Waals surface area contributed by atoms with Gasteiger partial charge in [0.15, 0.2) is 6.29 Å². The summed E-state index contributed by atoms with van der Waals surface area (Å²) in [4.78, 5) is 31.8. The summed E-state index contributed by atoms with van der Waals surface area (Å²) in [6.07, 6.45) is -14.5. The third-order valence-electron chi connectivity index (χ3n) is 9.33. The van der Waals surface area contributed by atoms with Crippen LogP contribution in [0.25, 0.3) is 0 Å². The maximum absolute atomic E-state index is 13.6. The monoisotopic (exact) mass is 671 g/mol. The predicted octanol–water partition coefficient (Wildman–Crippen LogP) is -2.02.